The molecule has 6 heteroatoms. The molecule has 0 unspecified atom stereocenters. The molecule has 23 heavy (non-hydrogen) atoms. The fraction of sp³-hybridized carbons (Fsp3) is 0.176. The zero-order valence-electron chi connectivity index (χ0n) is 12.5. The number of nitrogens with one attached hydrogen (secondary N) is 2. The van der Waals surface area contributed by atoms with Crippen LogP contribution in [-0.4, -0.2) is 25.0 Å². The molecule has 0 spiro atoms. The van der Waals surface area contributed by atoms with Gasteiger partial charge in [-0.25, -0.2) is 0 Å². The highest BCUT2D eigenvalue weighted by atomic mass is 16.5. The van der Waals surface area contributed by atoms with Gasteiger partial charge in [-0.05, 0) is 24.3 Å². The minimum Gasteiger partial charge on any atom is -0.493 e. The maximum absolute atomic E-state index is 11.6. The van der Waals surface area contributed by atoms with Crippen LogP contribution in [0.15, 0.2) is 60.7 Å². The Morgan fingerprint density at radius 1 is 0.739 bits per heavy atom. The normalized spacial score (nSPS) is 9.74. The second-order valence-electron chi connectivity index (χ2n) is 4.61. The Morgan fingerprint density at radius 2 is 1.26 bits per heavy atom. The van der Waals surface area contributed by atoms with Crippen LogP contribution < -0.4 is 20.3 Å². The molecule has 0 radical (unpaired) electrons. The van der Waals surface area contributed by atoms with Gasteiger partial charge in [-0.3, -0.25) is 20.4 Å². The number of carbonyl (C=O) groups is 2. The number of benzene rings is 2. The van der Waals surface area contributed by atoms with Gasteiger partial charge in [0, 0.05) is 0 Å². The summed E-state index contributed by atoms with van der Waals surface area (Å²) in [6.45, 7) is 0.0526. The molecule has 6 nitrogen and oxygen atoms in total. The monoisotopic (exact) mass is 314 g/mol. The van der Waals surface area contributed by atoms with E-state index in [0.29, 0.717) is 11.5 Å². The van der Waals surface area contributed by atoms with Gasteiger partial charge in [0.25, 0.3) is 5.91 Å². The standard InChI is InChI=1S/C17H18N2O4/c20-16(11-12-22-14-7-3-1-4-8-14)18-19-17(21)13-23-15-9-5-2-6-10-15/h1-10H,11-13H2,(H,18,20)(H,19,21). The molecule has 0 saturated carbocycles. The number of amides is 2. The lowest BCUT2D eigenvalue weighted by Crippen LogP contribution is -2.44. The Hall–Kier alpha value is -3.02. The molecule has 0 aromatic heterocycles. The number of ether oxygens (including phenoxy) is 2. The average Bonchev–Trinajstić information content (AvgIpc) is 2.60. The van der Waals surface area contributed by atoms with Crippen molar-refractivity contribution in [3.05, 3.63) is 60.7 Å². The van der Waals surface area contributed by atoms with E-state index in [2.05, 4.69) is 10.9 Å². The summed E-state index contributed by atoms with van der Waals surface area (Å²) < 4.78 is 10.6. The van der Waals surface area contributed by atoms with E-state index in [-0.39, 0.29) is 25.5 Å². The summed E-state index contributed by atoms with van der Waals surface area (Å²) in [7, 11) is 0. The van der Waals surface area contributed by atoms with E-state index >= 15 is 0 Å². The summed E-state index contributed by atoms with van der Waals surface area (Å²) in [6, 6.07) is 18.1. The summed E-state index contributed by atoms with van der Waals surface area (Å²) >= 11 is 0. The van der Waals surface area contributed by atoms with E-state index in [1.54, 1.807) is 24.3 Å². The molecule has 2 rings (SSSR count). The predicted octanol–water partition coefficient (Wildman–Crippen LogP) is 1.68. The van der Waals surface area contributed by atoms with Crippen molar-refractivity contribution in [2.75, 3.05) is 13.2 Å². The lowest BCUT2D eigenvalue weighted by Gasteiger charge is -2.09. The first-order chi connectivity index (χ1) is 11.2. The van der Waals surface area contributed by atoms with E-state index in [4.69, 9.17) is 9.47 Å². The topological polar surface area (TPSA) is 76.7 Å². The predicted molar refractivity (Wildman–Crippen MR) is 84.8 cm³/mol. The largest absolute Gasteiger partial charge is 0.493 e. The number of carbonyl (C=O) groups excluding carboxylic acids is 2. The van der Waals surface area contributed by atoms with E-state index in [1.165, 1.54) is 0 Å². The van der Waals surface area contributed by atoms with Crippen molar-refractivity contribution in [2.45, 2.75) is 6.42 Å². The maximum Gasteiger partial charge on any atom is 0.276 e. The van der Waals surface area contributed by atoms with Crippen LogP contribution in [-0.2, 0) is 9.59 Å². The Labute approximate surface area is 134 Å². The second-order valence-corrected chi connectivity index (χ2v) is 4.61. The summed E-state index contributed by atoms with van der Waals surface area (Å²) in [6.07, 6.45) is 0.134. The van der Waals surface area contributed by atoms with Gasteiger partial charge >= 0.3 is 0 Å². The van der Waals surface area contributed by atoms with Crippen molar-refractivity contribution in [1.82, 2.24) is 10.9 Å². The van der Waals surface area contributed by atoms with Gasteiger partial charge in [0.1, 0.15) is 11.5 Å². The zero-order chi connectivity index (χ0) is 16.3. The molecule has 0 fully saturated rings. The van der Waals surface area contributed by atoms with Gasteiger partial charge in [-0.15, -0.1) is 0 Å². The first-order valence-corrected chi connectivity index (χ1v) is 7.17. The van der Waals surface area contributed by atoms with Gasteiger partial charge in [0.05, 0.1) is 13.0 Å². The Morgan fingerprint density at radius 3 is 1.87 bits per heavy atom. The molecule has 0 aliphatic rings. The molecule has 0 bridgehead atoms. The highest BCUT2D eigenvalue weighted by Crippen LogP contribution is 2.08. The van der Waals surface area contributed by atoms with Crippen LogP contribution in [0.4, 0.5) is 0 Å². The maximum atomic E-state index is 11.6. The molecule has 2 N–H and O–H groups in total. The minimum absolute atomic E-state index is 0.134. The number of hydrogen-bond donors (Lipinski definition) is 2. The molecule has 0 aliphatic heterocycles. The third kappa shape index (κ3) is 6.52. The van der Waals surface area contributed by atoms with Crippen molar-refractivity contribution in [3.63, 3.8) is 0 Å². The first-order valence-electron chi connectivity index (χ1n) is 7.17. The van der Waals surface area contributed by atoms with Gasteiger partial charge < -0.3 is 9.47 Å². The van der Waals surface area contributed by atoms with E-state index in [9.17, 15) is 9.59 Å². The first kappa shape index (κ1) is 16.4. The van der Waals surface area contributed by atoms with Gasteiger partial charge in [-0.1, -0.05) is 36.4 Å². The van der Waals surface area contributed by atoms with Gasteiger partial charge in [0.15, 0.2) is 6.61 Å². The molecule has 0 aliphatic carbocycles. The highest BCUT2D eigenvalue weighted by molar-refractivity contribution is 5.82. The summed E-state index contributed by atoms with van der Waals surface area (Å²) in [5.41, 5.74) is 4.59. The van der Waals surface area contributed by atoms with E-state index < -0.39 is 5.91 Å². The average molecular weight is 314 g/mol. The van der Waals surface area contributed by atoms with Crippen molar-refractivity contribution >= 4 is 11.8 Å². The third-order valence-corrected chi connectivity index (χ3v) is 2.80. The number of para-hydroxylation sites is 2. The van der Waals surface area contributed by atoms with Gasteiger partial charge in [0.2, 0.25) is 5.91 Å². The van der Waals surface area contributed by atoms with Crippen LogP contribution in [0.1, 0.15) is 6.42 Å². The van der Waals surface area contributed by atoms with Crippen molar-refractivity contribution in [3.8, 4) is 11.5 Å². The molecular weight excluding hydrogens is 296 g/mol. The fourth-order valence-corrected chi connectivity index (χ4v) is 1.68. The van der Waals surface area contributed by atoms with Crippen LogP contribution >= 0.6 is 0 Å². The Kier molecular flexibility index (Phi) is 6.46. The smallest absolute Gasteiger partial charge is 0.276 e. The molecule has 0 heterocycles. The molecule has 0 saturated heterocycles. The lowest BCUT2D eigenvalue weighted by molar-refractivity contribution is -0.130. The summed E-state index contributed by atoms with van der Waals surface area (Å²) in [4.78, 5) is 23.1. The van der Waals surface area contributed by atoms with Crippen LogP contribution in [0.25, 0.3) is 0 Å². The van der Waals surface area contributed by atoms with E-state index in [1.807, 2.05) is 36.4 Å². The molecule has 0 atom stereocenters. The summed E-state index contributed by atoms with van der Waals surface area (Å²) in [5, 5.41) is 0. The molecule has 2 aromatic rings. The lowest BCUT2D eigenvalue weighted by atomic mass is 10.3. The zero-order valence-corrected chi connectivity index (χ0v) is 12.5. The molecular formula is C17H18N2O4. The number of hydrogen-bond acceptors (Lipinski definition) is 4. The number of hydrazine groups is 1. The third-order valence-electron chi connectivity index (χ3n) is 2.80. The van der Waals surface area contributed by atoms with Crippen LogP contribution in [0.3, 0.4) is 0 Å². The van der Waals surface area contributed by atoms with Crippen LogP contribution in [0.5, 0.6) is 11.5 Å². The van der Waals surface area contributed by atoms with E-state index in [0.717, 1.165) is 0 Å². The van der Waals surface area contributed by atoms with Crippen molar-refractivity contribution < 1.29 is 19.1 Å². The van der Waals surface area contributed by atoms with Gasteiger partial charge in [-0.2, -0.15) is 0 Å². The molecule has 2 amide bonds. The Balaban J connectivity index is 1.57. The fourth-order valence-electron chi connectivity index (χ4n) is 1.68. The number of rotatable bonds is 7. The van der Waals surface area contributed by atoms with Crippen LogP contribution in [0, 0.1) is 0 Å². The SMILES string of the molecule is O=C(CCOc1ccccc1)NNC(=O)COc1ccccc1. The van der Waals surface area contributed by atoms with Crippen molar-refractivity contribution in [1.29, 1.82) is 0 Å². The highest BCUT2D eigenvalue weighted by Gasteiger charge is 2.06. The molecule has 2 aromatic carbocycles. The second kappa shape index (κ2) is 9.09. The minimum atomic E-state index is -0.439. The quantitative estimate of drug-likeness (QED) is 0.762. The van der Waals surface area contributed by atoms with Crippen LogP contribution in [0.2, 0.25) is 0 Å². The molecule has 120 valence electrons. The van der Waals surface area contributed by atoms with Crippen molar-refractivity contribution in [2.24, 2.45) is 0 Å². The Bertz CT molecular complexity index is 617. The summed E-state index contributed by atoms with van der Waals surface area (Å²) in [5.74, 6) is 0.506.